The van der Waals surface area contributed by atoms with Gasteiger partial charge < -0.3 is 5.32 Å². The van der Waals surface area contributed by atoms with E-state index in [1.807, 2.05) is 20.8 Å². The lowest BCUT2D eigenvalue weighted by atomic mass is 9.79. The maximum atomic E-state index is 11.9. The number of carbonyl (C=O) groups is 1. The van der Waals surface area contributed by atoms with Crippen molar-refractivity contribution in [3.8, 4) is 0 Å². The number of carbonyl (C=O) groups excluding carboxylic acids is 1. The largest absolute Gasteiger partial charge is 0.351 e. The lowest BCUT2D eigenvalue weighted by molar-refractivity contribution is -0.129. The van der Waals surface area contributed by atoms with Crippen molar-refractivity contribution in [1.29, 1.82) is 0 Å². The first-order chi connectivity index (χ1) is 6.40. The first-order valence-electron chi connectivity index (χ1n) is 5.72. The molecule has 0 aliphatic heterocycles. The van der Waals surface area contributed by atoms with Crippen molar-refractivity contribution in [2.45, 2.75) is 58.9 Å². The molecule has 0 bridgehead atoms. The summed E-state index contributed by atoms with van der Waals surface area (Å²) in [5.41, 5.74) is -0.0890. The van der Waals surface area contributed by atoms with Crippen LogP contribution in [0.4, 0.5) is 0 Å². The van der Waals surface area contributed by atoms with E-state index in [0.717, 1.165) is 6.42 Å². The second kappa shape index (κ2) is 4.33. The van der Waals surface area contributed by atoms with E-state index in [2.05, 4.69) is 12.2 Å². The van der Waals surface area contributed by atoms with Crippen LogP contribution in [0.2, 0.25) is 0 Å². The van der Waals surface area contributed by atoms with Gasteiger partial charge >= 0.3 is 0 Å². The van der Waals surface area contributed by atoms with Gasteiger partial charge in [-0.25, -0.2) is 0 Å². The Hall–Kier alpha value is -0.530. The predicted molar refractivity (Wildman–Crippen MR) is 59.0 cm³/mol. The fourth-order valence-corrected chi connectivity index (χ4v) is 2.17. The van der Waals surface area contributed by atoms with Crippen molar-refractivity contribution in [3.63, 3.8) is 0 Å². The molecule has 0 radical (unpaired) electrons. The zero-order valence-electron chi connectivity index (χ0n) is 9.89. The minimum absolute atomic E-state index is 0.0890. The van der Waals surface area contributed by atoms with Gasteiger partial charge in [-0.15, -0.1) is 0 Å². The molecule has 2 atom stereocenters. The van der Waals surface area contributed by atoms with E-state index < -0.39 is 0 Å². The van der Waals surface area contributed by atoms with Crippen LogP contribution < -0.4 is 5.32 Å². The van der Waals surface area contributed by atoms with E-state index in [1.54, 1.807) is 0 Å². The molecule has 1 saturated carbocycles. The highest BCUT2D eigenvalue weighted by Crippen LogP contribution is 2.29. The van der Waals surface area contributed by atoms with E-state index in [1.165, 1.54) is 19.3 Å². The molecule has 1 aliphatic carbocycles. The molecule has 82 valence electrons. The summed E-state index contributed by atoms with van der Waals surface area (Å²) < 4.78 is 0. The van der Waals surface area contributed by atoms with Crippen molar-refractivity contribution in [3.05, 3.63) is 0 Å². The monoisotopic (exact) mass is 197 g/mol. The Morgan fingerprint density at radius 3 is 2.29 bits per heavy atom. The summed E-state index contributed by atoms with van der Waals surface area (Å²) in [5.74, 6) is 1.07. The van der Waals surface area contributed by atoms with Gasteiger partial charge in [0.25, 0.3) is 0 Å². The molecular weight excluding hydrogens is 174 g/mol. The summed E-state index contributed by atoms with van der Waals surface area (Å²) in [5, 5.41) is 3.08. The Morgan fingerprint density at radius 1 is 1.21 bits per heavy atom. The normalized spacial score (nSPS) is 28.6. The molecule has 0 saturated heterocycles. The Morgan fingerprint density at radius 2 is 1.79 bits per heavy atom. The van der Waals surface area contributed by atoms with Crippen molar-refractivity contribution in [2.75, 3.05) is 0 Å². The standard InChI is InChI=1S/C12H23NO/c1-9-7-5-6-8-10(9)11(14)13-12(2,3)4/h9-10H,5-8H2,1-4H3,(H,13,14)/t9-,10-/m1/s1. The summed E-state index contributed by atoms with van der Waals surface area (Å²) in [6.07, 6.45) is 4.79. The number of hydrogen-bond donors (Lipinski definition) is 1. The van der Waals surface area contributed by atoms with Crippen LogP contribution in [0, 0.1) is 11.8 Å². The Bertz CT molecular complexity index is 205. The fourth-order valence-electron chi connectivity index (χ4n) is 2.17. The summed E-state index contributed by atoms with van der Waals surface area (Å²) in [4.78, 5) is 11.9. The van der Waals surface area contributed by atoms with Crippen LogP contribution in [0.1, 0.15) is 53.4 Å². The van der Waals surface area contributed by atoms with Gasteiger partial charge in [-0.2, -0.15) is 0 Å². The lowest BCUT2D eigenvalue weighted by Crippen LogP contribution is -2.45. The number of nitrogens with one attached hydrogen (secondary N) is 1. The highest BCUT2D eigenvalue weighted by Gasteiger charge is 2.29. The van der Waals surface area contributed by atoms with Gasteiger partial charge in [-0.1, -0.05) is 19.8 Å². The van der Waals surface area contributed by atoms with Crippen LogP contribution in [0.15, 0.2) is 0 Å². The van der Waals surface area contributed by atoms with Gasteiger partial charge in [0.15, 0.2) is 0 Å². The third kappa shape index (κ3) is 3.32. The molecule has 0 aromatic heterocycles. The maximum Gasteiger partial charge on any atom is 0.223 e. The molecule has 0 unspecified atom stereocenters. The lowest BCUT2D eigenvalue weighted by Gasteiger charge is -2.31. The number of hydrogen-bond acceptors (Lipinski definition) is 1. The molecule has 14 heavy (non-hydrogen) atoms. The van der Waals surface area contributed by atoms with Gasteiger partial charge in [0.2, 0.25) is 5.91 Å². The van der Waals surface area contributed by atoms with Crippen molar-refractivity contribution in [2.24, 2.45) is 11.8 Å². The highest BCUT2D eigenvalue weighted by atomic mass is 16.2. The maximum absolute atomic E-state index is 11.9. The van der Waals surface area contributed by atoms with Gasteiger partial charge in [-0.05, 0) is 39.5 Å². The summed E-state index contributed by atoms with van der Waals surface area (Å²) >= 11 is 0. The third-order valence-electron chi connectivity index (χ3n) is 2.95. The molecule has 1 amide bonds. The van der Waals surface area contributed by atoms with Crippen LogP contribution in [0.25, 0.3) is 0 Å². The SMILES string of the molecule is C[C@@H]1CCCC[C@H]1C(=O)NC(C)(C)C. The van der Waals surface area contributed by atoms with Crippen LogP contribution in [0.3, 0.4) is 0 Å². The third-order valence-corrected chi connectivity index (χ3v) is 2.95. The molecule has 0 spiro atoms. The van der Waals surface area contributed by atoms with Crippen molar-refractivity contribution >= 4 is 5.91 Å². The average Bonchev–Trinajstić information content (AvgIpc) is 2.01. The minimum atomic E-state index is -0.0890. The Kier molecular flexibility index (Phi) is 3.57. The summed E-state index contributed by atoms with van der Waals surface area (Å²) in [7, 11) is 0. The van der Waals surface area contributed by atoms with E-state index in [9.17, 15) is 4.79 Å². The molecule has 0 heterocycles. The molecule has 0 aromatic carbocycles. The van der Waals surface area contributed by atoms with Gasteiger partial charge in [-0.3, -0.25) is 4.79 Å². The molecule has 1 aliphatic rings. The molecular formula is C12H23NO. The van der Waals surface area contributed by atoms with E-state index in [4.69, 9.17) is 0 Å². The first kappa shape index (κ1) is 11.5. The number of rotatable bonds is 1. The van der Waals surface area contributed by atoms with Crippen molar-refractivity contribution in [1.82, 2.24) is 5.32 Å². The topological polar surface area (TPSA) is 29.1 Å². The zero-order valence-corrected chi connectivity index (χ0v) is 9.89. The molecule has 2 nitrogen and oxygen atoms in total. The van der Waals surface area contributed by atoms with E-state index >= 15 is 0 Å². The molecule has 1 fully saturated rings. The van der Waals surface area contributed by atoms with Gasteiger partial charge in [0.1, 0.15) is 0 Å². The van der Waals surface area contributed by atoms with Crippen molar-refractivity contribution < 1.29 is 4.79 Å². The molecule has 0 aromatic rings. The minimum Gasteiger partial charge on any atom is -0.351 e. The van der Waals surface area contributed by atoms with Gasteiger partial charge in [0, 0.05) is 11.5 Å². The fraction of sp³-hybridized carbons (Fsp3) is 0.917. The number of amides is 1. The molecule has 1 N–H and O–H groups in total. The summed E-state index contributed by atoms with van der Waals surface area (Å²) in [6.45, 7) is 8.32. The van der Waals surface area contributed by atoms with Crippen LogP contribution in [-0.4, -0.2) is 11.4 Å². The Balaban J connectivity index is 2.50. The highest BCUT2D eigenvalue weighted by molar-refractivity contribution is 5.79. The second-order valence-electron chi connectivity index (χ2n) is 5.61. The van der Waals surface area contributed by atoms with Gasteiger partial charge in [0.05, 0.1) is 0 Å². The van der Waals surface area contributed by atoms with Crippen LogP contribution in [0.5, 0.6) is 0 Å². The van der Waals surface area contributed by atoms with Crippen LogP contribution >= 0.6 is 0 Å². The van der Waals surface area contributed by atoms with E-state index in [-0.39, 0.29) is 17.4 Å². The average molecular weight is 197 g/mol. The predicted octanol–water partition coefficient (Wildman–Crippen LogP) is 2.73. The Labute approximate surface area is 87.5 Å². The van der Waals surface area contributed by atoms with E-state index in [0.29, 0.717) is 5.92 Å². The smallest absolute Gasteiger partial charge is 0.223 e. The molecule has 1 rings (SSSR count). The quantitative estimate of drug-likeness (QED) is 0.688. The second-order valence-corrected chi connectivity index (χ2v) is 5.61. The van der Waals surface area contributed by atoms with Crippen LogP contribution in [-0.2, 0) is 4.79 Å². The zero-order chi connectivity index (χ0) is 10.8. The first-order valence-corrected chi connectivity index (χ1v) is 5.72. The molecule has 2 heteroatoms. The summed E-state index contributed by atoms with van der Waals surface area (Å²) in [6, 6.07) is 0.